The molecule has 1 rings (SSSR count). The molecule has 7 heteroatoms. The predicted octanol–water partition coefficient (Wildman–Crippen LogP) is 0.633. The molecular weight excluding hydrogens is 252 g/mol. The second-order valence-electron chi connectivity index (χ2n) is 3.53. The summed E-state index contributed by atoms with van der Waals surface area (Å²) in [5, 5.41) is 0. The third kappa shape index (κ3) is 4.38. The minimum atomic E-state index is -0.735. The molecule has 0 saturated heterocycles. The number of hydrogen-bond acceptors (Lipinski definition) is 5. The van der Waals surface area contributed by atoms with Crippen molar-refractivity contribution < 1.29 is 23.8 Å². The normalized spacial score (nSPS) is 9.42. The summed E-state index contributed by atoms with van der Waals surface area (Å²) in [6.07, 6.45) is -0.648. The van der Waals surface area contributed by atoms with Gasteiger partial charge in [0.15, 0.2) is 11.5 Å². The molecule has 0 spiro atoms. The molecule has 19 heavy (non-hydrogen) atoms. The number of ether oxygens (including phenoxy) is 3. The van der Waals surface area contributed by atoms with Crippen LogP contribution in [0.2, 0.25) is 0 Å². The average Bonchev–Trinajstić information content (AvgIpc) is 2.44. The Morgan fingerprint density at radius 1 is 1.05 bits per heavy atom. The molecule has 0 fully saturated rings. The monoisotopic (exact) mass is 268 g/mol. The third-order valence-electron chi connectivity index (χ3n) is 2.30. The number of rotatable bonds is 4. The van der Waals surface area contributed by atoms with Gasteiger partial charge in [-0.25, -0.2) is 10.2 Å². The van der Waals surface area contributed by atoms with E-state index in [1.807, 2.05) is 0 Å². The molecule has 1 aromatic carbocycles. The lowest BCUT2D eigenvalue weighted by atomic mass is 10.1. The minimum absolute atomic E-state index is 0.0876. The zero-order chi connectivity index (χ0) is 14.3. The van der Waals surface area contributed by atoms with Crippen molar-refractivity contribution in [3.63, 3.8) is 0 Å². The summed E-state index contributed by atoms with van der Waals surface area (Å²) in [7, 11) is 4.25. The van der Waals surface area contributed by atoms with E-state index >= 15 is 0 Å². The molecular formula is C12H16N2O5. The third-order valence-corrected chi connectivity index (χ3v) is 2.30. The highest BCUT2D eigenvalue weighted by atomic mass is 16.5. The van der Waals surface area contributed by atoms with Crippen LogP contribution in [-0.4, -0.2) is 33.3 Å². The maximum atomic E-state index is 11.5. The van der Waals surface area contributed by atoms with Crippen molar-refractivity contribution in [2.24, 2.45) is 0 Å². The van der Waals surface area contributed by atoms with Gasteiger partial charge in [0.2, 0.25) is 5.91 Å². The lowest BCUT2D eigenvalue weighted by Gasteiger charge is -2.10. The van der Waals surface area contributed by atoms with E-state index in [2.05, 4.69) is 15.6 Å². The van der Waals surface area contributed by atoms with Crippen LogP contribution in [0.1, 0.15) is 5.56 Å². The van der Waals surface area contributed by atoms with Crippen molar-refractivity contribution in [3.05, 3.63) is 23.8 Å². The second-order valence-corrected chi connectivity index (χ2v) is 3.53. The minimum Gasteiger partial charge on any atom is -0.493 e. The van der Waals surface area contributed by atoms with E-state index in [1.54, 1.807) is 18.2 Å². The average molecular weight is 268 g/mol. The number of carbonyl (C=O) groups excluding carboxylic acids is 2. The Labute approximate surface area is 110 Å². The molecule has 7 nitrogen and oxygen atoms in total. The lowest BCUT2D eigenvalue weighted by molar-refractivity contribution is -0.121. The van der Waals surface area contributed by atoms with Crippen LogP contribution in [-0.2, 0) is 16.0 Å². The standard InChI is InChI=1S/C12H16N2O5/c1-17-9-5-4-8(6-10(9)18-2)7-11(15)13-14-12(16)19-3/h4-6H,7H2,1-3H3,(H,13,15)(H,14,16). The Hall–Kier alpha value is -2.44. The molecule has 0 radical (unpaired) electrons. The number of amides is 2. The molecule has 0 bridgehead atoms. The number of hydrazine groups is 1. The van der Waals surface area contributed by atoms with Gasteiger partial charge in [0.05, 0.1) is 27.8 Å². The molecule has 0 aliphatic carbocycles. The first-order valence-electron chi connectivity index (χ1n) is 5.44. The molecule has 0 atom stereocenters. The van der Waals surface area contributed by atoms with Gasteiger partial charge in [-0.1, -0.05) is 6.07 Å². The van der Waals surface area contributed by atoms with Gasteiger partial charge >= 0.3 is 6.09 Å². The number of methoxy groups -OCH3 is 3. The summed E-state index contributed by atoms with van der Waals surface area (Å²) in [6.45, 7) is 0. The van der Waals surface area contributed by atoms with Gasteiger partial charge in [-0.3, -0.25) is 10.2 Å². The zero-order valence-corrected chi connectivity index (χ0v) is 11.0. The molecule has 0 unspecified atom stereocenters. The molecule has 1 aromatic rings. The van der Waals surface area contributed by atoms with E-state index in [4.69, 9.17) is 9.47 Å². The van der Waals surface area contributed by atoms with E-state index in [0.717, 1.165) is 5.56 Å². The second kappa shape index (κ2) is 7.10. The Kier molecular flexibility index (Phi) is 5.46. The first-order chi connectivity index (χ1) is 9.10. The predicted molar refractivity (Wildman–Crippen MR) is 66.9 cm³/mol. The van der Waals surface area contributed by atoms with Gasteiger partial charge in [0, 0.05) is 0 Å². The van der Waals surface area contributed by atoms with Gasteiger partial charge in [0.1, 0.15) is 0 Å². The molecule has 2 amide bonds. The van der Waals surface area contributed by atoms with E-state index in [9.17, 15) is 9.59 Å². The zero-order valence-electron chi connectivity index (χ0n) is 11.0. The molecule has 0 heterocycles. The molecule has 2 N–H and O–H groups in total. The van der Waals surface area contributed by atoms with Crippen LogP contribution in [0.4, 0.5) is 4.79 Å². The number of carbonyl (C=O) groups is 2. The van der Waals surface area contributed by atoms with Gasteiger partial charge in [-0.15, -0.1) is 0 Å². The number of hydrogen-bond donors (Lipinski definition) is 2. The molecule has 0 aromatic heterocycles. The summed E-state index contributed by atoms with van der Waals surface area (Å²) >= 11 is 0. The Balaban J connectivity index is 2.61. The molecule has 0 aliphatic heterocycles. The first kappa shape index (κ1) is 14.6. The van der Waals surface area contributed by atoms with Crippen LogP contribution in [0.15, 0.2) is 18.2 Å². The van der Waals surface area contributed by atoms with Crippen LogP contribution in [0.3, 0.4) is 0 Å². The topological polar surface area (TPSA) is 85.9 Å². The van der Waals surface area contributed by atoms with Gasteiger partial charge in [0.25, 0.3) is 0 Å². The first-order valence-corrected chi connectivity index (χ1v) is 5.44. The van der Waals surface area contributed by atoms with Crippen molar-refractivity contribution in [2.75, 3.05) is 21.3 Å². The van der Waals surface area contributed by atoms with E-state index in [-0.39, 0.29) is 12.3 Å². The highest BCUT2D eigenvalue weighted by Gasteiger charge is 2.09. The van der Waals surface area contributed by atoms with Crippen LogP contribution >= 0.6 is 0 Å². The SMILES string of the molecule is COC(=O)NNC(=O)Cc1ccc(OC)c(OC)c1. The molecule has 104 valence electrons. The van der Waals surface area contributed by atoms with Crippen LogP contribution in [0.5, 0.6) is 11.5 Å². The highest BCUT2D eigenvalue weighted by Crippen LogP contribution is 2.27. The smallest absolute Gasteiger partial charge is 0.425 e. The molecule has 0 aliphatic rings. The fourth-order valence-corrected chi connectivity index (χ4v) is 1.39. The van der Waals surface area contributed by atoms with Gasteiger partial charge in [-0.2, -0.15) is 0 Å². The Morgan fingerprint density at radius 3 is 2.32 bits per heavy atom. The van der Waals surface area contributed by atoms with E-state index in [0.29, 0.717) is 11.5 Å². The van der Waals surface area contributed by atoms with E-state index in [1.165, 1.54) is 21.3 Å². The van der Waals surface area contributed by atoms with Crippen molar-refractivity contribution in [1.29, 1.82) is 0 Å². The Morgan fingerprint density at radius 2 is 1.74 bits per heavy atom. The molecule has 0 saturated carbocycles. The summed E-state index contributed by atoms with van der Waals surface area (Å²) in [5.41, 5.74) is 5.02. The Bertz CT molecular complexity index is 461. The largest absolute Gasteiger partial charge is 0.493 e. The van der Waals surface area contributed by atoms with E-state index < -0.39 is 6.09 Å². The number of benzene rings is 1. The van der Waals surface area contributed by atoms with Crippen LogP contribution in [0.25, 0.3) is 0 Å². The van der Waals surface area contributed by atoms with Crippen molar-refractivity contribution in [3.8, 4) is 11.5 Å². The lowest BCUT2D eigenvalue weighted by Crippen LogP contribution is -2.42. The summed E-state index contributed by atoms with van der Waals surface area (Å²) in [5.74, 6) is 0.741. The van der Waals surface area contributed by atoms with Crippen molar-refractivity contribution in [2.45, 2.75) is 6.42 Å². The fraction of sp³-hybridized carbons (Fsp3) is 0.333. The van der Waals surface area contributed by atoms with Crippen molar-refractivity contribution >= 4 is 12.0 Å². The van der Waals surface area contributed by atoms with Crippen LogP contribution in [0, 0.1) is 0 Å². The summed E-state index contributed by atoms with van der Waals surface area (Å²) in [4.78, 5) is 22.3. The fourth-order valence-electron chi connectivity index (χ4n) is 1.39. The summed E-state index contributed by atoms with van der Waals surface area (Å²) < 4.78 is 14.5. The number of nitrogens with one attached hydrogen (secondary N) is 2. The maximum absolute atomic E-state index is 11.5. The van der Waals surface area contributed by atoms with Gasteiger partial charge in [-0.05, 0) is 17.7 Å². The quantitative estimate of drug-likeness (QED) is 0.782. The van der Waals surface area contributed by atoms with Crippen LogP contribution < -0.4 is 20.3 Å². The summed E-state index contributed by atoms with van der Waals surface area (Å²) in [6, 6.07) is 5.13. The van der Waals surface area contributed by atoms with Gasteiger partial charge < -0.3 is 14.2 Å². The van der Waals surface area contributed by atoms with Crippen molar-refractivity contribution in [1.82, 2.24) is 10.9 Å². The maximum Gasteiger partial charge on any atom is 0.425 e. The highest BCUT2D eigenvalue weighted by molar-refractivity contribution is 5.81.